The molecule has 2 heterocycles. The van der Waals surface area contributed by atoms with Crippen LogP contribution in [0.3, 0.4) is 0 Å². The zero-order valence-electron chi connectivity index (χ0n) is 11.5. The molecular formula is C12H12ClN6NaO2S2. The summed E-state index contributed by atoms with van der Waals surface area (Å²) in [5, 5.41) is 23.8. The van der Waals surface area contributed by atoms with Crippen LogP contribution in [0.4, 0.5) is 5.69 Å². The summed E-state index contributed by atoms with van der Waals surface area (Å²) in [5.74, 6) is 0.306. The molecule has 3 rings (SSSR count). The van der Waals surface area contributed by atoms with Crippen LogP contribution in [0, 0.1) is 0 Å². The summed E-state index contributed by atoms with van der Waals surface area (Å²) in [4.78, 5) is 0.922. The van der Waals surface area contributed by atoms with E-state index in [0.717, 1.165) is 4.88 Å². The minimum absolute atomic E-state index is 0. The topological polar surface area (TPSA) is 127 Å². The van der Waals surface area contributed by atoms with Gasteiger partial charge in [0.2, 0.25) is 10.0 Å². The quantitative estimate of drug-likeness (QED) is 0.558. The number of halogens is 1. The number of hydrogen-bond acceptors (Lipinski definition) is 7. The molecule has 0 amide bonds. The molecule has 0 saturated carbocycles. The standard InChI is InChI=1S/C12H11ClN6O2S2.Na.H/c13-9-5-10(15-6-7-2-1-3-22-7)8(12-16-18-19-17-12)4-11(9)23(14,20)21;;/h1-5,15H,6H2,(H2,14,20,21)(H,16,17,18,19);;. The summed E-state index contributed by atoms with van der Waals surface area (Å²) >= 11 is 7.65. The van der Waals surface area contributed by atoms with Crippen molar-refractivity contribution in [1.29, 1.82) is 0 Å². The van der Waals surface area contributed by atoms with Crippen molar-refractivity contribution in [3.63, 3.8) is 0 Å². The molecule has 122 valence electrons. The number of aromatic amines is 1. The van der Waals surface area contributed by atoms with Gasteiger partial charge in [-0.2, -0.15) is 0 Å². The van der Waals surface area contributed by atoms with E-state index in [1.54, 1.807) is 11.3 Å². The fourth-order valence-electron chi connectivity index (χ4n) is 1.98. The Hall–Kier alpha value is -1.01. The van der Waals surface area contributed by atoms with Crippen LogP contribution in [0.2, 0.25) is 5.02 Å². The van der Waals surface area contributed by atoms with E-state index in [2.05, 4.69) is 25.9 Å². The molecule has 0 atom stereocenters. The first kappa shape index (κ1) is 19.3. The van der Waals surface area contributed by atoms with E-state index < -0.39 is 10.0 Å². The number of anilines is 1. The van der Waals surface area contributed by atoms with Crippen LogP contribution in [-0.4, -0.2) is 58.6 Å². The number of primary sulfonamides is 1. The van der Waals surface area contributed by atoms with Crippen molar-refractivity contribution in [3.05, 3.63) is 39.5 Å². The summed E-state index contributed by atoms with van der Waals surface area (Å²) in [5.41, 5.74) is 1.05. The minimum atomic E-state index is -3.96. The van der Waals surface area contributed by atoms with Crippen molar-refractivity contribution in [2.24, 2.45) is 5.14 Å². The number of tetrazole rings is 1. The van der Waals surface area contributed by atoms with Crippen molar-refractivity contribution in [2.45, 2.75) is 11.4 Å². The number of rotatable bonds is 5. The van der Waals surface area contributed by atoms with Crippen LogP contribution in [0.25, 0.3) is 11.4 Å². The molecule has 4 N–H and O–H groups in total. The van der Waals surface area contributed by atoms with Gasteiger partial charge in [0.05, 0.1) is 5.02 Å². The number of H-pyrrole nitrogens is 1. The fraction of sp³-hybridized carbons (Fsp3) is 0.0833. The average Bonchev–Trinajstić information content (AvgIpc) is 3.17. The number of thiophene rings is 1. The fourth-order valence-corrected chi connectivity index (χ4v) is 3.73. The van der Waals surface area contributed by atoms with Gasteiger partial charge in [0.15, 0.2) is 5.82 Å². The molecule has 1 aromatic carbocycles. The van der Waals surface area contributed by atoms with Gasteiger partial charge in [-0.05, 0) is 34.0 Å². The van der Waals surface area contributed by atoms with Crippen LogP contribution in [-0.2, 0) is 16.6 Å². The summed E-state index contributed by atoms with van der Waals surface area (Å²) in [7, 11) is -3.96. The second-order valence-electron chi connectivity index (χ2n) is 4.56. The number of nitrogens with one attached hydrogen (secondary N) is 2. The van der Waals surface area contributed by atoms with Crippen molar-refractivity contribution >= 4 is 68.2 Å². The molecule has 0 fully saturated rings. The first-order chi connectivity index (χ1) is 10.9. The van der Waals surface area contributed by atoms with Gasteiger partial charge < -0.3 is 5.32 Å². The third kappa shape index (κ3) is 4.33. The molecule has 3 aromatic rings. The van der Waals surface area contributed by atoms with Crippen LogP contribution < -0.4 is 10.5 Å². The van der Waals surface area contributed by atoms with Crippen LogP contribution in [0.1, 0.15) is 4.88 Å². The Morgan fingerprint density at radius 2 is 2.17 bits per heavy atom. The van der Waals surface area contributed by atoms with Crippen LogP contribution in [0.5, 0.6) is 0 Å². The zero-order valence-corrected chi connectivity index (χ0v) is 13.9. The number of sulfonamides is 1. The molecule has 0 unspecified atom stereocenters. The molecule has 0 spiro atoms. The molecule has 0 saturated heterocycles. The third-order valence-electron chi connectivity index (χ3n) is 3.01. The first-order valence-corrected chi connectivity index (χ1v) is 9.12. The molecule has 0 bridgehead atoms. The number of aromatic nitrogens is 4. The van der Waals surface area contributed by atoms with Gasteiger partial charge in [-0.15, -0.1) is 16.4 Å². The zero-order chi connectivity index (χ0) is 16.4. The van der Waals surface area contributed by atoms with E-state index in [4.69, 9.17) is 16.7 Å². The number of hydrogen-bond donors (Lipinski definition) is 3. The Bertz CT molecular complexity index is 915. The summed E-state index contributed by atoms with van der Waals surface area (Å²) in [6.45, 7) is 0.553. The molecule has 12 heteroatoms. The van der Waals surface area contributed by atoms with E-state index in [1.807, 2.05) is 17.5 Å². The summed E-state index contributed by atoms with van der Waals surface area (Å²) in [6, 6.07) is 6.76. The van der Waals surface area contributed by atoms with E-state index in [-0.39, 0.29) is 39.5 Å². The van der Waals surface area contributed by atoms with Gasteiger partial charge in [-0.1, -0.05) is 17.7 Å². The third-order valence-corrected chi connectivity index (χ3v) is 5.26. The van der Waals surface area contributed by atoms with E-state index in [9.17, 15) is 8.42 Å². The van der Waals surface area contributed by atoms with Gasteiger partial charge >= 0.3 is 29.6 Å². The second kappa shape index (κ2) is 7.91. The van der Waals surface area contributed by atoms with Gasteiger partial charge in [-0.25, -0.2) is 18.7 Å². The van der Waals surface area contributed by atoms with E-state index >= 15 is 0 Å². The monoisotopic (exact) mass is 394 g/mol. The first-order valence-electron chi connectivity index (χ1n) is 6.32. The Morgan fingerprint density at radius 3 is 2.75 bits per heavy atom. The summed E-state index contributed by atoms with van der Waals surface area (Å²) in [6.07, 6.45) is 0. The number of nitrogens with zero attached hydrogens (tertiary/aromatic N) is 3. The Labute approximate surface area is 169 Å². The average molecular weight is 395 g/mol. The molecule has 0 aliphatic carbocycles. The molecule has 0 radical (unpaired) electrons. The maximum absolute atomic E-state index is 11.6. The molecule has 8 nitrogen and oxygen atoms in total. The van der Waals surface area contributed by atoms with Crippen LogP contribution >= 0.6 is 22.9 Å². The number of nitrogens with two attached hydrogens (primary N) is 1. The number of benzene rings is 1. The van der Waals surface area contributed by atoms with Crippen LogP contribution in [0.15, 0.2) is 34.5 Å². The molecule has 0 aliphatic heterocycles. The predicted molar refractivity (Wildman–Crippen MR) is 94.8 cm³/mol. The Kier molecular flexibility index (Phi) is 6.37. The Morgan fingerprint density at radius 1 is 1.38 bits per heavy atom. The van der Waals surface area contributed by atoms with Gasteiger partial charge in [0, 0.05) is 22.7 Å². The van der Waals surface area contributed by atoms with Crippen molar-refractivity contribution in [1.82, 2.24) is 20.6 Å². The summed E-state index contributed by atoms with van der Waals surface area (Å²) < 4.78 is 23.3. The molecule has 0 aliphatic rings. The van der Waals surface area contributed by atoms with Crippen molar-refractivity contribution in [3.8, 4) is 11.4 Å². The molecular weight excluding hydrogens is 383 g/mol. The predicted octanol–water partition coefficient (Wildman–Crippen LogP) is 1.19. The maximum atomic E-state index is 11.6. The van der Waals surface area contributed by atoms with E-state index in [1.165, 1.54) is 12.1 Å². The second-order valence-corrected chi connectivity index (χ2v) is 7.53. The van der Waals surface area contributed by atoms with Gasteiger partial charge in [-0.3, -0.25) is 0 Å². The van der Waals surface area contributed by atoms with E-state index in [0.29, 0.717) is 23.6 Å². The Balaban J connectivity index is 0.00000208. The van der Waals surface area contributed by atoms with Gasteiger partial charge in [0.25, 0.3) is 0 Å². The van der Waals surface area contributed by atoms with Gasteiger partial charge in [0.1, 0.15) is 4.90 Å². The van der Waals surface area contributed by atoms with Crippen molar-refractivity contribution in [2.75, 3.05) is 5.32 Å². The van der Waals surface area contributed by atoms with Crippen molar-refractivity contribution < 1.29 is 8.42 Å². The molecule has 24 heavy (non-hydrogen) atoms. The normalized spacial score (nSPS) is 11.1. The SMILES string of the molecule is NS(=O)(=O)c1cc(-c2nnn[nH]2)c(NCc2cccs2)cc1Cl.[NaH]. The molecule has 2 aromatic heterocycles.